The summed E-state index contributed by atoms with van der Waals surface area (Å²) in [5.41, 5.74) is 1.13. The number of nitrogens with zero attached hydrogens (tertiary/aromatic N) is 4. The molecule has 37 heavy (non-hydrogen) atoms. The largest absolute Gasteiger partial charge is 0.480 e. The lowest BCUT2D eigenvalue weighted by Gasteiger charge is -2.45. The molecule has 0 aliphatic carbocycles. The quantitative estimate of drug-likeness (QED) is 0.472. The summed E-state index contributed by atoms with van der Waals surface area (Å²) in [6.45, 7) is 4.13. The molecule has 12 heteroatoms. The normalized spacial score (nSPS) is 22.2. The van der Waals surface area contributed by atoms with E-state index in [4.69, 9.17) is 0 Å². The second kappa shape index (κ2) is 11.6. The number of carbonyl (C=O) groups excluding carboxylic acids is 3. The Balaban J connectivity index is 1.27. The van der Waals surface area contributed by atoms with Crippen molar-refractivity contribution in [2.24, 2.45) is 0 Å². The van der Waals surface area contributed by atoms with Gasteiger partial charge >= 0.3 is 12.0 Å². The number of likely N-dealkylation sites (tertiary alicyclic amines) is 1. The molecule has 0 bridgehead atoms. The van der Waals surface area contributed by atoms with Crippen LogP contribution in [0.2, 0.25) is 0 Å². The molecule has 0 radical (unpaired) electrons. The number of urea groups is 1. The number of aliphatic carboxylic acids is 1. The maximum Gasteiger partial charge on any atom is 0.328 e. The van der Waals surface area contributed by atoms with Gasteiger partial charge in [0, 0.05) is 44.4 Å². The Hall–Kier alpha value is -2.99. The minimum absolute atomic E-state index is 0.0326. The molecule has 2 atom stereocenters. The number of carboxylic acids is 1. The first-order valence-electron chi connectivity index (χ1n) is 12.6. The smallest absolute Gasteiger partial charge is 0.328 e. The lowest BCUT2D eigenvalue weighted by atomic mass is 9.86. The van der Waals surface area contributed by atoms with Crippen molar-refractivity contribution < 1.29 is 24.3 Å². The first-order chi connectivity index (χ1) is 17.7. The van der Waals surface area contributed by atoms with Crippen LogP contribution in [0, 0.1) is 0 Å². The number of anilines is 1. The molecule has 0 aromatic heterocycles. The molecule has 1 aromatic carbocycles. The van der Waals surface area contributed by atoms with Crippen molar-refractivity contribution >= 4 is 41.3 Å². The number of hydrogen-bond donors (Lipinski definition) is 3. The van der Waals surface area contributed by atoms with Crippen LogP contribution >= 0.6 is 11.8 Å². The van der Waals surface area contributed by atoms with Gasteiger partial charge in [-0.3, -0.25) is 14.5 Å². The number of carboxylic acid groups (broad SMARTS) is 1. The zero-order valence-electron chi connectivity index (χ0n) is 21.4. The van der Waals surface area contributed by atoms with Crippen LogP contribution in [0.15, 0.2) is 30.3 Å². The Labute approximate surface area is 221 Å². The molecule has 202 valence electrons. The molecule has 3 saturated heterocycles. The van der Waals surface area contributed by atoms with Gasteiger partial charge in [-0.05, 0) is 32.0 Å². The Morgan fingerprint density at radius 2 is 1.86 bits per heavy atom. The van der Waals surface area contributed by atoms with E-state index in [9.17, 15) is 24.3 Å². The highest BCUT2D eigenvalue weighted by Crippen LogP contribution is 2.37. The number of thioether (sulfide) groups is 1. The third kappa shape index (κ3) is 6.30. The zero-order valence-corrected chi connectivity index (χ0v) is 22.2. The minimum Gasteiger partial charge on any atom is -0.480 e. The predicted octanol–water partition coefficient (Wildman–Crippen LogP) is 0.821. The van der Waals surface area contributed by atoms with Gasteiger partial charge in [0.25, 0.3) is 0 Å². The van der Waals surface area contributed by atoms with E-state index >= 15 is 0 Å². The van der Waals surface area contributed by atoms with Crippen molar-refractivity contribution in [3.63, 3.8) is 0 Å². The molecule has 1 aromatic rings. The third-order valence-electron chi connectivity index (χ3n) is 7.47. The van der Waals surface area contributed by atoms with Gasteiger partial charge in [0.2, 0.25) is 11.8 Å². The van der Waals surface area contributed by atoms with Crippen molar-refractivity contribution in [2.75, 3.05) is 56.4 Å². The molecule has 3 N–H and O–H groups in total. The molecule has 4 rings (SSSR count). The van der Waals surface area contributed by atoms with Crippen LogP contribution in [0.5, 0.6) is 0 Å². The number of piperidine rings is 1. The fourth-order valence-electron chi connectivity index (χ4n) is 5.51. The minimum atomic E-state index is -1.25. The van der Waals surface area contributed by atoms with E-state index in [1.165, 1.54) is 12.6 Å². The standard InChI is InChI=1S/C25H36N6O5S/c1-18(32)30-17-37-14-20(30)12-22(33)27-21(23(34)35)13-26-24(36)29-10-8-25(9-11-29)15-28(2)16-31(25)19-6-4-3-5-7-19/h3-7,20-21H,8-17H2,1-2H3,(H,26,36)(H,27,33)(H,34,35)/t20-,21-/m0/s1. The highest BCUT2D eigenvalue weighted by atomic mass is 32.2. The molecule has 3 aliphatic heterocycles. The molecule has 3 aliphatic rings. The number of benzene rings is 1. The van der Waals surface area contributed by atoms with Gasteiger partial charge in [0.1, 0.15) is 6.04 Å². The summed E-state index contributed by atoms with van der Waals surface area (Å²) in [5.74, 6) is -0.614. The van der Waals surface area contributed by atoms with Crippen molar-refractivity contribution in [1.29, 1.82) is 0 Å². The summed E-state index contributed by atoms with van der Waals surface area (Å²) in [6.07, 6.45) is 1.65. The number of likely N-dealkylation sites (N-methyl/N-ethyl adjacent to an activating group) is 1. The molecule has 4 amide bonds. The topological polar surface area (TPSA) is 126 Å². The summed E-state index contributed by atoms with van der Waals surface area (Å²) in [7, 11) is 2.10. The number of rotatable bonds is 7. The lowest BCUT2D eigenvalue weighted by Crippen LogP contribution is -2.57. The highest BCUT2D eigenvalue weighted by Gasteiger charge is 2.46. The van der Waals surface area contributed by atoms with Crippen molar-refractivity contribution in [3.05, 3.63) is 30.3 Å². The predicted molar refractivity (Wildman–Crippen MR) is 141 cm³/mol. The summed E-state index contributed by atoms with van der Waals surface area (Å²) in [6, 6.07) is 8.48. The lowest BCUT2D eigenvalue weighted by molar-refractivity contribution is -0.142. The van der Waals surface area contributed by atoms with E-state index in [0.29, 0.717) is 24.7 Å². The second-order valence-corrected chi connectivity index (χ2v) is 11.1. The van der Waals surface area contributed by atoms with E-state index in [2.05, 4.69) is 39.6 Å². The Morgan fingerprint density at radius 3 is 2.51 bits per heavy atom. The Bertz CT molecular complexity index is 1000. The number of carbonyl (C=O) groups is 4. The molecular formula is C25H36N6O5S. The monoisotopic (exact) mass is 532 g/mol. The molecule has 3 fully saturated rings. The van der Waals surface area contributed by atoms with Crippen molar-refractivity contribution in [1.82, 2.24) is 25.3 Å². The van der Waals surface area contributed by atoms with Crippen LogP contribution in [0.1, 0.15) is 26.2 Å². The van der Waals surface area contributed by atoms with E-state index in [1.54, 1.807) is 21.6 Å². The molecule has 0 unspecified atom stereocenters. The van der Waals surface area contributed by atoms with Crippen molar-refractivity contribution in [2.45, 2.75) is 43.8 Å². The van der Waals surface area contributed by atoms with Gasteiger partial charge in [0.15, 0.2) is 0 Å². The van der Waals surface area contributed by atoms with Crippen LogP contribution in [0.3, 0.4) is 0 Å². The number of amides is 4. The van der Waals surface area contributed by atoms with Gasteiger partial charge in [-0.15, -0.1) is 11.8 Å². The SMILES string of the molecule is CC(=O)N1CSC[C@@H]1CC(=O)N[C@@H](CNC(=O)N1CCC2(CC1)CN(C)CN2c1ccccc1)C(=O)O. The van der Waals surface area contributed by atoms with Crippen LogP contribution < -0.4 is 15.5 Å². The van der Waals surface area contributed by atoms with Crippen molar-refractivity contribution in [3.8, 4) is 0 Å². The fraction of sp³-hybridized carbons (Fsp3) is 0.600. The van der Waals surface area contributed by atoms with Crippen LogP contribution in [0.25, 0.3) is 0 Å². The third-order valence-corrected chi connectivity index (χ3v) is 8.55. The van der Waals surface area contributed by atoms with Gasteiger partial charge in [-0.2, -0.15) is 0 Å². The first-order valence-corrected chi connectivity index (χ1v) is 13.7. The number of hydrogen-bond acceptors (Lipinski definition) is 7. The molecule has 1 spiro atoms. The van der Waals surface area contributed by atoms with Gasteiger partial charge < -0.3 is 30.4 Å². The highest BCUT2D eigenvalue weighted by molar-refractivity contribution is 7.99. The number of para-hydroxylation sites is 1. The van der Waals surface area contributed by atoms with Crippen LogP contribution in [-0.2, 0) is 14.4 Å². The van der Waals surface area contributed by atoms with E-state index in [1.807, 2.05) is 18.2 Å². The molecule has 0 saturated carbocycles. The molecule has 11 nitrogen and oxygen atoms in total. The van der Waals surface area contributed by atoms with E-state index in [0.717, 1.165) is 26.1 Å². The van der Waals surface area contributed by atoms with E-state index < -0.39 is 17.9 Å². The van der Waals surface area contributed by atoms with E-state index in [-0.39, 0.29) is 36.5 Å². The Morgan fingerprint density at radius 1 is 1.16 bits per heavy atom. The maximum atomic E-state index is 12.9. The van der Waals surface area contributed by atoms with Gasteiger partial charge in [-0.25, -0.2) is 9.59 Å². The van der Waals surface area contributed by atoms with Crippen LogP contribution in [-0.4, -0.2) is 113 Å². The second-order valence-electron chi connectivity index (χ2n) is 10.1. The summed E-state index contributed by atoms with van der Waals surface area (Å²) < 4.78 is 0. The van der Waals surface area contributed by atoms with Gasteiger partial charge in [-0.1, -0.05) is 18.2 Å². The van der Waals surface area contributed by atoms with Crippen LogP contribution in [0.4, 0.5) is 10.5 Å². The fourth-order valence-corrected chi connectivity index (χ4v) is 6.78. The molecular weight excluding hydrogens is 496 g/mol. The molecule has 3 heterocycles. The summed E-state index contributed by atoms with van der Waals surface area (Å²) >= 11 is 1.56. The first kappa shape index (κ1) is 27.1. The zero-order chi connectivity index (χ0) is 26.6. The maximum absolute atomic E-state index is 12.9. The summed E-state index contributed by atoms with van der Waals surface area (Å²) in [4.78, 5) is 56.9. The summed E-state index contributed by atoms with van der Waals surface area (Å²) in [5, 5.41) is 14.8. The Kier molecular flexibility index (Phi) is 8.48. The average Bonchev–Trinajstić information content (AvgIpc) is 3.46. The average molecular weight is 533 g/mol. The van der Waals surface area contributed by atoms with Gasteiger partial charge in [0.05, 0.1) is 30.7 Å². The number of nitrogens with one attached hydrogen (secondary N) is 2.